The van der Waals surface area contributed by atoms with Crippen molar-refractivity contribution < 1.29 is 13.2 Å². The standard InChI is InChI=1S/C12H15F3N2/c1-2-16-11(8-3-4-8)10-6-5-9(7-17-10)12(13,14)15/h5-8,11,16H,2-4H2,1H3. The quantitative estimate of drug-likeness (QED) is 0.880. The Morgan fingerprint density at radius 3 is 2.53 bits per heavy atom. The van der Waals surface area contributed by atoms with E-state index in [9.17, 15) is 13.2 Å². The van der Waals surface area contributed by atoms with Crippen LogP contribution in [0.1, 0.15) is 37.1 Å². The Kier molecular flexibility index (Phi) is 3.38. The van der Waals surface area contributed by atoms with Crippen LogP contribution in [0.3, 0.4) is 0 Å². The van der Waals surface area contributed by atoms with Crippen LogP contribution in [0.4, 0.5) is 13.2 Å². The second kappa shape index (κ2) is 4.64. The average Bonchev–Trinajstić information content (AvgIpc) is 3.09. The Labute approximate surface area is 98.2 Å². The van der Waals surface area contributed by atoms with Gasteiger partial charge in [-0.3, -0.25) is 4.98 Å². The first-order valence-corrected chi connectivity index (χ1v) is 5.79. The molecule has 0 aromatic carbocycles. The molecule has 2 nitrogen and oxygen atoms in total. The third-order valence-corrected chi connectivity index (χ3v) is 2.95. The van der Waals surface area contributed by atoms with Gasteiger partial charge < -0.3 is 5.32 Å². The van der Waals surface area contributed by atoms with Crippen molar-refractivity contribution in [3.05, 3.63) is 29.6 Å². The monoisotopic (exact) mass is 244 g/mol. The van der Waals surface area contributed by atoms with Crippen LogP contribution < -0.4 is 5.32 Å². The molecule has 0 bridgehead atoms. The molecule has 1 aliphatic carbocycles. The van der Waals surface area contributed by atoms with Crippen molar-refractivity contribution in [2.75, 3.05) is 6.54 Å². The molecule has 1 aromatic rings. The molecular weight excluding hydrogens is 229 g/mol. The fourth-order valence-electron chi connectivity index (χ4n) is 1.92. The first kappa shape index (κ1) is 12.4. The van der Waals surface area contributed by atoms with Gasteiger partial charge in [0, 0.05) is 6.20 Å². The zero-order valence-electron chi connectivity index (χ0n) is 9.59. The van der Waals surface area contributed by atoms with E-state index in [0.29, 0.717) is 11.6 Å². The number of hydrogen-bond acceptors (Lipinski definition) is 2. The van der Waals surface area contributed by atoms with Crippen LogP contribution >= 0.6 is 0 Å². The van der Waals surface area contributed by atoms with Gasteiger partial charge >= 0.3 is 6.18 Å². The third kappa shape index (κ3) is 2.97. The van der Waals surface area contributed by atoms with E-state index in [2.05, 4.69) is 10.3 Å². The molecule has 1 saturated carbocycles. The minimum Gasteiger partial charge on any atom is -0.309 e. The molecule has 1 aromatic heterocycles. The molecule has 5 heteroatoms. The van der Waals surface area contributed by atoms with Gasteiger partial charge in [0.15, 0.2) is 0 Å². The Bertz CT molecular complexity index is 368. The van der Waals surface area contributed by atoms with Crippen molar-refractivity contribution in [2.45, 2.75) is 32.0 Å². The Balaban J connectivity index is 2.15. The number of halogens is 3. The zero-order valence-corrected chi connectivity index (χ0v) is 9.59. The van der Waals surface area contributed by atoms with Gasteiger partial charge in [0.1, 0.15) is 0 Å². The largest absolute Gasteiger partial charge is 0.417 e. The molecular formula is C12H15F3N2. The van der Waals surface area contributed by atoms with Crippen molar-refractivity contribution >= 4 is 0 Å². The van der Waals surface area contributed by atoms with Gasteiger partial charge in [-0.1, -0.05) is 6.92 Å². The maximum Gasteiger partial charge on any atom is 0.417 e. The number of pyridine rings is 1. The van der Waals surface area contributed by atoms with E-state index in [0.717, 1.165) is 31.6 Å². The summed E-state index contributed by atoms with van der Waals surface area (Å²) in [7, 11) is 0. The summed E-state index contributed by atoms with van der Waals surface area (Å²) in [5.41, 5.74) is 0.0228. The first-order chi connectivity index (χ1) is 8.02. The van der Waals surface area contributed by atoms with E-state index in [1.165, 1.54) is 6.07 Å². The summed E-state index contributed by atoms with van der Waals surface area (Å²) in [6, 6.07) is 2.69. The number of alkyl halides is 3. The van der Waals surface area contributed by atoms with Crippen molar-refractivity contribution in [2.24, 2.45) is 5.92 Å². The molecule has 1 aliphatic rings. The predicted octanol–water partition coefficient (Wildman–Crippen LogP) is 3.16. The van der Waals surface area contributed by atoms with Gasteiger partial charge in [-0.25, -0.2) is 0 Å². The summed E-state index contributed by atoms with van der Waals surface area (Å²) >= 11 is 0. The molecule has 0 aliphatic heterocycles. The predicted molar refractivity (Wildman–Crippen MR) is 58.4 cm³/mol. The number of nitrogens with zero attached hydrogens (tertiary/aromatic N) is 1. The Morgan fingerprint density at radius 1 is 1.41 bits per heavy atom. The van der Waals surface area contributed by atoms with E-state index in [4.69, 9.17) is 0 Å². The summed E-state index contributed by atoms with van der Waals surface area (Å²) in [5, 5.41) is 3.28. The van der Waals surface area contributed by atoms with Gasteiger partial charge in [-0.2, -0.15) is 13.2 Å². The molecule has 1 N–H and O–H groups in total. The highest BCUT2D eigenvalue weighted by Crippen LogP contribution is 2.40. The van der Waals surface area contributed by atoms with Gasteiger partial charge in [0.25, 0.3) is 0 Å². The van der Waals surface area contributed by atoms with Crippen molar-refractivity contribution in [3.63, 3.8) is 0 Å². The van der Waals surface area contributed by atoms with Gasteiger partial charge in [-0.05, 0) is 37.4 Å². The van der Waals surface area contributed by atoms with Crippen LogP contribution in [-0.2, 0) is 6.18 Å². The molecule has 0 radical (unpaired) electrons. The van der Waals surface area contributed by atoms with Gasteiger partial charge in [-0.15, -0.1) is 0 Å². The lowest BCUT2D eigenvalue weighted by molar-refractivity contribution is -0.137. The Hall–Kier alpha value is -1.10. The van der Waals surface area contributed by atoms with Crippen LogP contribution in [0, 0.1) is 5.92 Å². The van der Waals surface area contributed by atoms with Crippen LogP contribution in [0.5, 0.6) is 0 Å². The molecule has 1 atom stereocenters. The topological polar surface area (TPSA) is 24.9 Å². The summed E-state index contributed by atoms with van der Waals surface area (Å²) < 4.78 is 37.2. The maximum absolute atomic E-state index is 12.4. The molecule has 1 fully saturated rings. The van der Waals surface area contributed by atoms with Crippen molar-refractivity contribution in [1.29, 1.82) is 0 Å². The number of rotatable bonds is 4. The molecule has 94 valence electrons. The van der Waals surface area contributed by atoms with Gasteiger partial charge in [0.05, 0.1) is 17.3 Å². The first-order valence-electron chi connectivity index (χ1n) is 5.79. The van der Waals surface area contributed by atoms with Crippen molar-refractivity contribution in [1.82, 2.24) is 10.3 Å². The summed E-state index contributed by atoms with van der Waals surface area (Å²) in [5.74, 6) is 0.527. The highest BCUT2D eigenvalue weighted by atomic mass is 19.4. The fraction of sp³-hybridized carbons (Fsp3) is 0.583. The maximum atomic E-state index is 12.4. The van der Waals surface area contributed by atoms with Crippen LogP contribution in [0.15, 0.2) is 18.3 Å². The van der Waals surface area contributed by atoms with E-state index >= 15 is 0 Å². The van der Waals surface area contributed by atoms with Crippen LogP contribution in [-0.4, -0.2) is 11.5 Å². The van der Waals surface area contributed by atoms with E-state index in [-0.39, 0.29) is 6.04 Å². The van der Waals surface area contributed by atoms with Gasteiger partial charge in [0.2, 0.25) is 0 Å². The summed E-state index contributed by atoms with van der Waals surface area (Å²) in [6.07, 6.45) is -1.14. The molecule has 0 amide bonds. The number of hydrogen-bond donors (Lipinski definition) is 1. The Morgan fingerprint density at radius 2 is 2.12 bits per heavy atom. The highest BCUT2D eigenvalue weighted by Gasteiger charge is 2.34. The molecule has 0 saturated heterocycles. The molecule has 0 spiro atoms. The van der Waals surface area contributed by atoms with E-state index in [1.807, 2.05) is 6.92 Å². The number of aromatic nitrogens is 1. The van der Waals surface area contributed by atoms with Crippen LogP contribution in [0.25, 0.3) is 0 Å². The van der Waals surface area contributed by atoms with E-state index in [1.54, 1.807) is 0 Å². The second-order valence-electron chi connectivity index (χ2n) is 4.34. The minimum atomic E-state index is -4.31. The lowest BCUT2D eigenvalue weighted by Crippen LogP contribution is -2.23. The van der Waals surface area contributed by atoms with Crippen LogP contribution in [0.2, 0.25) is 0 Å². The van der Waals surface area contributed by atoms with Crippen molar-refractivity contribution in [3.8, 4) is 0 Å². The zero-order chi connectivity index (χ0) is 12.5. The molecule has 1 heterocycles. The molecule has 17 heavy (non-hydrogen) atoms. The highest BCUT2D eigenvalue weighted by molar-refractivity contribution is 5.20. The smallest absolute Gasteiger partial charge is 0.309 e. The fourth-order valence-corrected chi connectivity index (χ4v) is 1.92. The molecule has 2 rings (SSSR count). The normalized spacial score (nSPS) is 18.1. The molecule has 1 unspecified atom stereocenters. The lowest BCUT2D eigenvalue weighted by Gasteiger charge is -2.17. The summed E-state index contributed by atoms with van der Waals surface area (Å²) in [6.45, 7) is 2.78. The third-order valence-electron chi connectivity index (χ3n) is 2.95. The lowest BCUT2D eigenvalue weighted by atomic mass is 10.1. The van der Waals surface area contributed by atoms with E-state index < -0.39 is 11.7 Å². The minimum absolute atomic E-state index is 0.0993. The summed E-state index contributed by atoms with van der Waals surface area (Å²) in [4.78, 5) is 3.94. The second-order valence-corrected chi connectivity index (χ2v) is 4.34. The average molecular weight is 244 g/mol. The SMILES string of the molecule is CCNC(c1ccc(C(F)(F)F)cn1)C1CC1. The number of nitrogens with one attached hydrogen (secondary N) is 1.